The second-order valence-electron chi connectivity index (χ2n) is 3.98. The molecule has 0 amide bonds. The molecule has 2 atom stereocenters. The smallest absolute Gasteiger partial charge is 0.217 e. The number of fused-ring (bicyclic) bond motifs is 1. The Labute approximate surface area is 83.0 Å². The van der Waals surface area contributed by atoms with Crippen molar-refractivity contribution in [2.75, 3.05) is 0 Å². The predicted molar refractivity (Wildman–Crippen MR) is 49.7 cm³/mol. The number of ether oxygens (including phenoxy) is 2. The van der Waals surface area contributed by atoms with Crippen LogP contribution < -0.4 is 0 Å². The summed E-state index contributed by atoms with van der Waals surface area (Å²) in [4.78, 5) is 0. The average Bonchev–Trinajstić information content (AvgIpc) is 2.86. The van der Waals surface area contributed by atoms with Crippen molar-refractivity contribution in [3.63, 3.8) is 0 Å². The molecule has 14 heavy (non-hydrogen) atoms. The zero-order valence-corrected chi connectivity index (χ0v) is 8.02. The summed E-state index contributed by atoms with van der Waals surface area (Å²) in [5.74, 6) is 0.791. The molecule has 3 rings (SSSR count). The minimum Gasteiger partial charge on any atom is -0.464 e. The van der Waals surface area contributed by atoms with Gasteiger partial charge in [-0.25, -0.2) is 0 Å². The van der Waals surface area contributed by atoms with Crippen molar-refractivity contribution in [3.8, 4) is 0 Å². The molecule has 1 aromatic rings. The molecule has 1 aliphatic heterocycles. The highest BCUT2D eigenvalue weighted by Crippen LogP contribution is 2.38. The summed E-state index contributed by atoms with van der Waals surface area (Å²) in [5.41, 5.74) is 0. The van der Waals surface area contributed by atoms with Gasteiger partial charge in [0, 0.05) is 0 Å². The van der Waals surface area contributed by atoms with Crippen LogP contribution in [-0.4, -0.2) is 12.2 Å². The second kappa shape index (κ2) is 3.41. The summed E-state index contributed by atoms with van der Waals surface area (Å²) in [6.45, 7) is 0. The number of furan rings is 1. The van der Waals surface area contributed by atoms with Gasteiger partial charge in [-0.15, -0.1) is 0 Å². The molecule has 3 heteroatoms. The van der Waals surface area contributed by atoms with Gasteiger partial charge in [-0.3, -0.25) is 0 Å². The Hall–Kier alpha value is -0.800. The second-order valence-corrected chi connectivity index (χ2v) is 3.98. The Balaban J connectivity index is 1.74. The Morgan fingerprint density at radius 2 is 1.79 bits per heavy atom. The lowest BCUT2D eigenvalue weighted by Gasteiger charge is -2.21. The molecule has 0 unspecified atom stereocenters. The molecule has 3 nitrogen and oxygen atoms in total. The van der Waals surface area contributed by atoms with E-state index in [1.54, 1.807) is 6.26 Å². The molecule has 2 heterocycles. The Bertz CT molecular complexity index is 279. The zero-order valence-electron chi connectivity index (χ0n) is 8.02. The van der Waals surface area contributed by atoms with Gasteiger partial charge in [0.25, 0.3) is 0 Å². The minimum absolute atomic E-state index is 0.266. The van der Waals surface area contributed by atoms with E-state index in [1.807, 2.05) is 12.1 Å². The summed E-state index contributed by atoms with van der Waals surface area (Å²) in [6, 6.07) is 3.77. The lowest BCUT2D eigenvalue weighted by atomic mass is 9.95. The molecule has 0 spiro atoms. The van der Waals surface area contributed by atoms with Crippen LogP contribution >= 0.6 is 0 Å². The molecule has 0 bridgehead atoms. The third kappa shape index (κ3) is 1.37. The molecule has 0 radical (unpaired) electrons. The monoisotopic (exact) mass is 194 g/mol. The normalized spacial score (nSPS) is 33.1. The summed E-state index contributed by atoms with van der Waals surface area (Å²) >= 11 is 0. The fourth-order valence-corrected chi connectivity index (χ4v) is 2.28. The molecule has 1 aliphatic carbocycles. The first-order valence-electron chi connectivity index (χ1n) is 5.28. The molecular formula is C11H14O3. The highest BCUT2D eigenvalue weighted by atomic mass is 16.7. The van der Waals surface area contributed by atoms with Crippen molar-refractivity contribution in [3.05, 3.63) is 24.2 Å². The van der Waals surface area contributed by atoms with Crippen LogP contribution in [-0.2, 0) is 9.47 Å². The van der Waals surface area contributed by atoms with E-state index in [9.17, 15) is 0 Å². The fraction of sp³-hybridized carbons (Fsp3) is 0.636. The van der Waals surface area contributed by atoms with E-state index in [-0.39, 0.29) is 6.29 Å². The third-order valence-electron chi connectivity index (χ3n) is 3.01. The van der Waals surface area contributed by atoms with Gasteiger partial charge in [0.2, 0.25) is 6.29 Å². The van der Waals surface area contributed by atoms with Gasteiger partial charge in [-0.05, 0) is 25.0 Å². The van der Waals surface area contributed by atoms with Gasteiger partial charge in [0.15, 0.2) is 5.76 Å². The van der Waals surface area contributed by atoms with E-state index in [4.69, 9.17) is 13.9 Å². The van der Waals surface area contributed by atoms with Gasteiger partial charge in [0.1, 0.15) is 0 Å². The Morgan fingerprint density at radius 3 is 2.36 bits per heavy atom. The summed E-state index contributed by atoms with van der Waals surface area (Å²) in [5, 5.41) is 0. The number of rotatable bonds is 1. The number of hydrogen-bond acceptors (Lipinski definition) is 3. The van der Waals surface area contributed by atoms with E-state index in [0.29, 0.717) is 12.2 Å². The van der Waals surface area contributed by atoms with Crippen molar-refractivity contribution in [1.29, 1.82) is 0 Å². The van der Waals surface area contributed by atoms with Gasteiger partial charge >= 0.3 is 0 Å². The molecule has 76 valence electrons. The molecule has 1 saturated carbocycles. The molecule has 2 fully saturated rings. The molecule has 0 aromatic carbocycles. The summed E-state index contributed by atoms with van der Waals surface area (Å²) < 4.78 is 16.9. The van der Waals surface area contributed by atoms with Crippen molar-refractivity contribution in [1.82, 2.24) is 0 Å². The Kier molecular flexibility index (Phi) is 2.07. The van der Waals surface area contributed by atoms with E-state index in [0.717, 1.165) is 18.6 Å². The van der Waals surface area contributed by atoms with Crippen molar-refractivity contribution in [2.24, 2.45) is 0 Å². The Morgan fingerprint density at radius 1 is 1.07 bits per heavy atom. The van der Waals surface area contributed by atoms with Crippen LogP contribution in [0.5, 0.6) is 0 Å². The van der Waals surface area contributed by atoms with E-state index in [2.05, 4.69) is 0 Å². The molecule has 0 N–H and O–H groups in total. The lowest BCUT2D eigenvalue weighted by Crippen LogP contribution is -2.25. The molecule has 1 saturated heterocycles. The van der Waals surface area contributed by atoms with Crippen LogP contribution in [0.3, 0.4) is 0 Å². The van der Waals surface area contributed by atoms with Crippen LogP contribution in [0.15, 0.2) is 22.8 Å². The SMILES string of the molecule is c1coc(C2O[C@H]3CCCC[C@@H]3O2)c1. The highest BCUT2D eigenvalue weighted by molar-refractivity contribution is 5.02. The van der Waals surface area contributed by atoms with Gasteiger partial charge in [-0.2, -0.15) is 0 Å². The first-order valence-corrected chi connectivity index (χ1v) is 5.28. The minimum atomic E-state index is -0.266. The summed E-state index contributed by atoms with van der Waals surface area (Å²) in [7, 11) is 0. The summed E-state index contributed by atoms with van der Waals surface area (Å²) in [6.07, 6.45) is 6.74. The maximum atomic E-state index is 5.79. The maximum Gasteiger partial charge on any atom is 0.217 e. The van der Waals surface area contributed by atoms with Gasteiger partial charge < -0.3 is 13.9 Å². The van der Waals surface area contributed by atoms with Crippen LogP contribution in [0.25, 0.3) is 0 Å². The third-order valence-corrected chi connectivity index (χ3v) is 3.01. The van der Waals surface area contributed by atoms with Crippen LogP contribution in [0.1, 0.15) is 37.7 Å². The predicted octanol–water partition coefficient (Wildman–Crippen LogP) is 2.64. The maximum absolute atomic E-state index is 5.79. The number of hydrogen-bond donors (Lipinski definition) is 0. The molecule has 1 aromatic heterocycles. The van der Waals surface area contributed by atoms with Crippen LogP contribution in [0, 0.1) is 0 Å². The average molecular weight is 194 g/mol. The first kappa shape index (κ1) is 8.50. The highest BCUT2D eigenvalue weighted by Gasteiger charge is 2.39. The van der Waals surface area contributed by atoms with Crippen molar-refractivity contribution in [2.45, 2.75) is 44.2 Å². The van der Waals surface area contributed by atoms with E-state index in [1.165, 1.54) is 12.8 Å². The van der Waals surface area contributed by atoms with Crippen molar-refractivity contribution < 1.29 is 13.9 Å². The lowest BCUT2D eigenvalue weighted by molar-refractivity contribution is -0.0814. The van der Waals surface area contributed by atoms with Crippen molar-refractivity contribution >= 4 is 0 Å². The van der Waals surface area contributed by atoms with Gasteiger partial charge in [-0.1, -0.05) is 12.8 Å². The first-order chi connectivity index (χ1) is 6.93. The molecular weight excluding hydrogens is 180 g/mol. The van der Waals surface area contributed by atoms with Gasteiger partial charge in [0.05, 0.1) is 18.5 Å². The fourth-order valence-electron chi connectivity index (χ4n) is 2.28. The largest absolute Gasteiger partial charge is 0.464 e. The zero-order chi connectivity index (χ0) is 9.38. The quantitative estimate of drug-likeness (QED) is 0.688. The topological polar surface area (TPSA) is 31.6 Å². The molecule has 2 aliphatic rings. The van der Waals surface area contributed by atoms with E-state index < -0.39 is 0 Å². The standard InChI is InChI=1S/C11H14O3/c1-2-5-9-8(4-1)13-11(14-9)10-6-3-7-12-10/h3,6-9,11H,1-2,4-5H2/t8-,9-/m0/s1. The van der Waals surface area contributed by atoms with Crippen LogP contribution in [0.2, 0.25) is 0 Å². The van der Waals surface area contributed by atoms with E-state index >= 15 is 0 Å². The van der Waals surface area contributed by atoms with Crippen LogP contribution in [0.4, 0.5) is 0 Å².